The highest BCUT2D eigenvalue weighted by Crippen LogP contribution is 2.41. The summed E-state index contributed by atoms with van der Waals surface area (Å²) in [5.74, 6) is 0.901. The summed E-state index contributed by atoms with van der Waals surface area (Å²) in [5.41, 5.74) is 4.40. The predicted molar refractivity (Wildman–Crippen MR) is 117 cm³/mol. The van der Waals surface area contributed by atoms with Gasteiger partial charge in [0.15, 0.2) is 5.11 Å². The minimum atomic E-state index is -0.0555. The maximum absolute atomic E-state index is 9.39. The molecule has 0 amide bonds. The van der Waals surface area contributed by atoms with E-state index in [9.17, 15) is 5.11 Å². The molecule has 0 aliphatic carbocycles. The zero-order chi connectivity index (χ0) is 20.4. The van der Waals surface area contributed by atoms with Gasteiger partial charge in [-0.05, 0) is 68.4 Å². The van der Waals surface area contributed by atoms with E-state index in [0.29, 0.717) is 18.1 Å². The second-order valence-electron chi connectivity index (χ2n) is 7.25. The van der Waals surface area contributed by atoms with E-state index in [1.165, 1.54) is 5.56 Å². The summed E-state index contributed by atoms with van der Waals surface area (Å²) >= 11 is 5.67. The highest BCUT2D eigenvalue weighted by Gasteiger charge is 2.41. The highest BCUT2D eigenvalue weighted by molar-refractivity contribution is 7.80. The molecule has 3 aromatic heterocycles. The standard InChI is InChI=1S/C22H25N5OS/c1-15-14-17(16(2)27(15)19-9-4-6-11-24-19)21-20(18-8-3-5-10-23-18)25-22(29)26(21)12-7-13-28/h3-6,8-11,14,20-21,28H,7,12-13H2,1-2H3,(H,25,29)/t20-,21-/m1/s1. The number of nitrogens with one attached hydrogen (secondary N) is 1. The SMILES string of the molecule is Cc1cc([C@@H]2[C@@H](c3ccccn3)NC(=S)N2CCCO)c(C)n1-c1ccccn1. The van der Waals surface area contributed by atoms with Gasteiger partial charge in [-0.15, -0.1) is 0 Å². The van der Waals surface area contributed by atoms with Crippen LogP contribution in [0.3, 0.4) is 0 Å². The number of hydrogen-bond donors (Lipinski definition) is 2. The van der Waals surface area contributed by atoms with Gasteiger partial charge in [-0.2, -0.15) is 0 Å². The molecule has 0 spiro atoms. The van der Waals surface area contributed by atoms with E-state index in [2.05, 4.69) is 44.7 Å². The van der Waals surface area contributed by atoms with Crippen molar-refractivity contribution in [3.05, 3.63) is 77.5 Å². The molecule has 0 bridgehead atoms. The molecular weight excluding hydrogens is 382 g/mol. The molecule has 1 aliphatic heterocycles. The number of aliphatic hydroxyl groups is 1. The van der Waals surface area contributed by atoms with Crippen molar-refractivity contribution in [1.82, 2.24) is 24.8 Å². The Labute approximate surface area is 176 Å². The number of pyridine rings is 2. The lowest BCUT2D eigenvalue weighted by atomic mass is 9.96. The zero-order valence-corrected chi connectivity index (χ0v) is 17.4. The summed E-state index contributed by atoms with van der Waals surface area (Å²) < 4.78 is 2.18. The molecule has 0 unspecified atom stereocenters. The molecule has 0 saturated carbocycles. The van der Waals surface area contributed by atoms with Gasteiger partial charge in [-0.1, -0.05) is 12.1 Å². The number of thiocarbonyl (C=S) groups is 1. The minimum Gasteiger partial charge on any atom is -0.396 e. The molecule has 3 aromatic rings. The minimum absolute atomic E-state index is 0.00684. The molecule has 1 fully saturated rings. The van der Waals surface area contributed by atoms with E-state index < -0.39 is 0 Å². The van der Waals surface area contributed by atoms with Gasteiger partial charge < -0.3 is 19.9 Å². The number of aryl methyl sites for hydroxylation is 1. The zero-order valence-electron chi connectivity index (χ0n) is 16.6. The summed E-state index contributed by atoms with van der Waals surface area (Å²) in [4.78, 5) is 11.3. The van der Waals surface area contributed by atoms with Crippen molar-refractivity contribution >= 4 is 17.3 Å². The van der Waals surface area contributed by atoms with Gasteiger partial charge >= 0.3 is 0 Å². The van der Waals surface area contributed by atoms with Crippen LogP contribution in [-0.4, -0.2) is 42.8 Å². The second-order valence-corrected chi connectivity index (χ2v) is 7.63. The van der Waals surface area contributed by atoms with E-state index in [1.54, 1.807) is 0 Å². The van der Waals surface area contributed by atoms with Crippen LogP contribution < -0.4 is 5.32 Å². The Balaban J connectivity index is 1.81. The van der Waals surface area contributed by atoms with Crippen molar-refractivity contribution in [1.29, 1.82) is 0 Å². The molecule has 29 heavy (non-hydrogen) atoms. The predicted octanol–water partition coefficient (Wildman–Crippen LogP) is 3.24. The first-order chi connectivity index (χ1) is 14.1. The van der Waals surface area contributed by atoms with Crippen molar-refractivity contribution in [2.45, 2.75) is 32.4 Å². The summed E-state index contributed by atoms with van der Waals surface area (Å²) in [6.45, 7) is 5.04. The van der Waals surface area contributed by atoms with E-state index in [4.69, 9.17) is 12.2 Å². The Morgan fingerprint density at radius 3 is 2.52 bits per heavy atom. The third-order valence-corrected chi connectivity index (χ3v) is 5.77. The number of hydrogen-bond acceptors (Lipinski definition) is 4. The fraction of sp³-hybridized carbons (Fsp3) is 0.318. The van der Waals surface area contributed by atoms with Crippen LogP contribution in [-0.2, 0) is 0 Å². The molecule has 4 rings (SSSR count). The van der Waals surface area contributed by atoms with E-state index >= 15 is 0 Å². The van der Waals surface area contributed by atoms with Crippen LogP contribution in [0.25, 0.3) is 5.82 Å². The van der Waals surface area contributed by atoms with Crippen molar-refractivity contribution in [2.24, 2.45) is 0 Å². The molecule has 7 heteroatoms. The number of rotatable bonds is 6. The van der Waals surface area contributed by atoms with Crippen LogP contribution in [0.1, 0.15) is 41.1 Å². The summed E-state index contributed by atoms with van der Waals surface area (Å²) in [6.07, 6.45) is 4.28. The fourth-order valence-electron chi connectivity index (χ4n) is 4.15. The van der Waals surface area contributed by atoms with Gasteiger partial charge in [0.2, 0.25) is 0 Å². The number of nitrogens with zero attached hydrogens (tertiary/aromatic N) is 4. The number of aliphatic hydroxyl groups excluding tert-OH is 1. The fourth-order valence-corrected chi connectivity index (χ4v) is 4.48. The molecule has 4 heterocycles. The van der Waals surface area contributed by atoms with E-state index in [1.807, 2.05) is 48.8 Å². The van der Waals surface area contributed by atoms with Gasteiger partial charge in [0, 0.05) is 36.9 Å². The van der Waals surface area contributed by atoms with Crippen LogP contribution in [0.4, 0.5) is 0 Å². The Bertz CT molecular complexity index is 989. The lowest BCUT2D eigenvalue weighted by Crippen LogP contribution is -2.31. The Morgan fingerprint density at radius 2 is 1.86 bits per heavy atom. The molecule has 6 nitrogen and oxygen atoms in total. The molecule has 0 radical (unpaired) electrons. The van der Waals surface area contributed by atoms with Gasteiger partial charge in [-0.3, -0.25) is 4.98 Å². The van der Waals surface area contributed by atoms with Crippen LogP contribution in [0.15, 0.2) is 54.9 Å². The summed E-state index contributed by atoms with van der Waals surface area (Å²) in [7, 11) is 0. The van der Waals surface area contributed by atoms with Crippen molar-refractivity contribution in [3.8, 4) is 5.82 Å². The van der Waals surface area contributed by atoms with Crippen LogP contribution in [0, 0.1) is 13.8 Å². The Morgan fingerprint density at radius 1 is 1.10 bits per heavy atom. The third kappa shape index (κ3) is 3.63. The lowest BCUT2D eigenvalue weighted by Gasteiger charge is -2.28. The van der Waals surface area contributed by atoms with Gasteiger partial charge in [0.25, 0.3) is 0 Å². The van der Waals surface area contributed by atoms with Gasteiger partial charge in [-0.25, -0.2) is 4.98 Å². The van der Waals surface area contributed by atoms with Crippen molar-refractivity contribution in [3.63, 3.8) is 0 Å². The first kappa shape index (κ1) is 19.5. The van der Waals surface area contributed by atoms with Crippen LogP contribution in [0.5, 0.6) is 0 Å². The molecule has 150 valence electrons. The molecule has 0 aromatic carbocycles. The first-order valence-corrected chi connectivity index (χ1v) is 10.2. The van der Waals surface area contributed by atoms with Gasteiger partial charge in [0.05, 0.1) is 17.8 Å². The molecule has 1 aliphatic rings. The topological polar surface area (TPSA) is 66.2 Å². The highest BCUT2D eigenvalue weighted by atomic mass is 32.1. The van der Waals surface area contributed by atoms with Gasteiger partial charge in [0.1, 0.15) is 5.82 Å². The largest absolute Gasteiger partial charge is 0.396 e. The normalized spacial score (nSPS) is 18.9. The second kappa shape index (κ2) is 8.31. The molecular formula is C22H25N5OS. The quantitative estimate of drug-likeness (QED) is 0.612. The smallest absolute Gasteiger partial charge is 0.170 e. The van der Waals surface area contributed by atoms with E-state index in [-0.39, 0.29) is 18.7 Å². The monoisotopic (exact) mass is 407 g/mol. The first-order valence-electron chi connectivity index (χ1n) is 9.81. The molecule has 2 N–H and O–H groups in total. The maximum atomic E-state index is 9.39. The average molecular weight is 408 g/mol. The van der Waals surface area contributed by atoms with Crippen molar-refractivity contribution in [2.75, 3.05) is 13.2 Å². The molecule has 2 atom stereocenters. The maximum Gasteiger partial charge on any atom is 0.170 e. The Hall–Kier alpha value is -2.77. The average Bonchev–Trinajstić information content (AvgIpc) is 3.23. The third-order valence-electron chi connectivity index (χ3n) is 5.42. The summed E-state index contributed by atoms with van der Waals surface area (Å²) in [6, 6.07) is 14.0. The number of aromatic nitrogens is 3. The van der Waals surface area contributed by atoms with Crippen LogP contribution in [0.2, 0.25) is 0 Å². The summed E-state index contributed by atoms with van der Waals surface area (Å²) in [5, 5.41) is 13.5. The van der Waals surface area contributed by atoms with Crippen LogP contribution >= 0.6 is 12.2 Å². The Kier molecular flexibility index (Phi) is 5.60. The lowest BCUT2D eigenvalue weighted by molar-refractivity contribution is 0.247. The molecule has 1 saturated heterocycles. The van der Waals surface area contributed by atoms with E-state index in [0.717, 1.165) is 22.9 Å². The van der Waals surface area contributed by atoms with Crippen molar-refractivity contribution < 1.29 is 5.11 Å².